The topological polar surface area (TPSA) is 67.5 Å². The van der Waals surface area contributed by atoms with E-state index in [9.17, 15) is 22.4 Å². The molecular formula is C19H15F4N3O3. The predicted molar refractivity (Wildman–Crippen MR) is 95.1 cm³/mol. The molecule has 1 unspecified atom stereocenters. The van der Waals surface area contributed by atoms with Crippen molar-refractivity contribution in [3.8, 4) is 5.75 Å². The fraction of sp³-hybridized carbons (Fsp3) is 0.263. The van der Waals surface area contributed by atoms with Crippen LogP contribution in [0.2, 0.25) is 0 Å². The van der Waals surface area contributed by atoms with Crippen LogP contribution in [0.15, 0.2) is 36.7 Å². The number of imidazole rings is 1. The van der Waals surface area contributed by atoms with E-state index in [1.165, 1.54) is 6.33 Å². The molecule has 0 saturated carbocycles. The first-order valence-corrected chi connectivity index (χ1v) is 8.61. The first kappa shape index (κ1) is 19.0. The minimum atomic E-state index is -3.15. The van der Waals surface area contributed by atoms with E-state index in [1.54, 1.807) is 18.2 Å². The summed E-state index contributed by atoms with van der Waals surface area (Å²) in [5, 5.41) is 0. The number of nitrogens with one attached hydrogen (secondary N) is 1. The third-order valence-corrected chi connectivity index (χ3v) is 4.43. The summed E-state index contributed by atoms with van der Waals surface area (Å²) in [6, 6.07) is 5.39. The quantitative estimate of drug-likeness (QED) is 0.627. The van der Waals surface area contributed by atoms with Crippen molar-refractivity contribution in [1.82, 2.24) is 9.97 Å². The molecule has 0 radical (unpaired) electrons. The molecular weight excluding hydrogens is 394 g/mol. The van der Waals surface area contributed by atoms with Gasteiger partial charge in [0.2, 0.25) is 0 Å². The molecule has 1 atom stereocenters. The van der Waals surface area contributed by atoms with Crippen LogP contribution >= 0.6 is 0 Å². The highest BCUT2D eigenvalue weighted by Crippen LogP contribution is 2.37. The molecule has 0 spiro atoms. The third kappa shape index (κ3) is 3.69. The summed E-state index contributed by atoms with van der Waals surface area (Å²) in [7, 11) is 0. The summed E-state index contributed by atoms with van der Waals surface area (Å²) in [6.45, 7) is -0.672. The number of hydrogen-bond donors (Lipinski definition) is 1. The molecule has 1 aliphatic heterocycles. The molecule has 1 saturated heterocycles. The number of benzene rings is 2. The molecule has 2 aromatic carbocycles. The molecule has 10 heteroatoms. The Hall–Kier alpha value is -3.30. The largest absolute Gasteiger partial charge is 0.487 e. The average Bonchev–Trinajstić information content (AvgIpc) is 3.25. The van der Waals surface area contributed by atoms with Crippen LogP contribution in [-0.4, -0.2) is 35.2 Å². The van der Waals surface area contributed by atoms with Gasteiger partial charge in [0.25, 0.3) is 5.92 Å². The monoisotopic (exact) mass is 409 g/mol. The summed E-state index contributed by atoms with van der Waals surface area (Å²) in [5.41, 5.74) is 1.21. The second-order valence-corrected chi connectivity index (χ2v) is 6.73. The Morgan fingerprint density at radius 3 is 2.69 bits per heavy atom. The maximum Gasteiger partial charge on any atom is 0.415 e. The van der Waals surface area contributed by atoms with Crippen molar-refractivity contribution >= 4 is 22.8 Å². The molecule has 2 heterocycles. The van der Waals surface area contributed by atoms with Crippen LogP contribution < -0.4 is 9.64 Å². The van der Waals surface area contributed by atoms with Crippen molar-refractivity contribution in [1.29, 1.82) is 0 Å². The summed E-state index contributed by atoms with van der Waals surface area (Å²) < 4.78 is 65.0. The van der Waals surface area contributed by atoms with E-state index in [1.807, 2.05) is 0 Å². The highest BCUT2D eigenvalue weighted by molar-refractivity contribution is 5.93. The lowest BCUT2D eigenvalue weighted by molar-refractivity contribution is -0.0231. The molecule has 29 heavy (non-hydrogen) atoms. The van der Waals surface area contributed by atoms with Gasteiger partial charge in [0.1, 0.15) is 30.0 Å². The molecule has 6 nitrogen and oxygen atoms in total. The molecule has 0 aliphatic carbocycles. The maximum atomic E-state index is 14.7. The van der Waals surface area contributed by atoms with Gasteiger partial charge in [-0.1, -0.05) is 0 Å². The number of H-pyrrole nitrogens is 1. The standard InChI is InChI=1S/C19H15F4N3O3/c1-19(22,23)8-29-11-5-12(20)17(13(21)6-11)16-7-28-18(27)26(16)10-2-3-14-15(4-10)25-9-24-14/h2-6,9,16H,7-8H2,1H3,(H,24,25). The van der Waals surface area contributed by atoms with Crippen molar-refractivity contribution in [2.75, 3.05) is 18.1 Å². The second-order valence-electron chi connectivity index (χ2n) is 6.73. The van der Waals surface area contributed by atoms with Crippen molar-refractivity contribution in [2.45, 2.75) is 18.9 Å². The Bertz CT molecular complexity index is 1060. The number of nitrogens with zero attached hydrogens (tertiary/aromatic N) is 2. The van der Waals surface area contributed by atoms with Gasteiger partial charge in [-0.15, -0.1) is 0 Å². The molecule has 3 aromatic rings. The zero-order valence-corrected chi connectivity index (χ0v) is 15.1. The number of hydrogen-bond acceptors (Lipinski definition) is 4. The van der Waals surface area contributed by atoms with Gasteiger partial charge >= 0.3 is 6.09 Å². The number of alkyl halides is 2. The van der Waals surface area contributed by atoms with Crippen LogP contribution in [0.4, 0.5) is 28.0 Å². The van der Waals surface area contributed by atoms with E-state index in [0.29, 0.717) is 18.1 Å². The van der Waals surface area contributed by atoms with E-state index in [2.05, 4.69) is 9.97 Å². The smallest absolute Gasteiger partial charge is 0.415 e. The number of amides is 1. The van der Waals surface area contributed by atoms with E-state index in [4.69, 9.17) is 9.47 Å². The predicted octanol–water partition coefficient (Wildman–Crippen LogP) is 4.57. The highest BCUT2D eigenvalue weighted by Gasteiger charge is 2.39. The maximum absolute atomic E-state index is 14.7. The molecule has 1 aliphatic rings. The summed E-state index contributed by atoms with van der Waals surface area (Å²) in [4.78, 5) is 20.4. The molecule has 4 rings (SSSR count). The number of fused-ring (bicyclic) bond motifs is 1. The Morgan fingerprint density at radius 1 is 1.28 bits per heavy atom. The van der Waals surface area contributed by atoms with E-state index in [0.717, 1.165) is 22.5 Å². The number of carbonyl (C=O) groups is 1. The van der Waals surface area contributed by atoms with Crippen molar-refractivity contribution in [3.05, 3.63) is 53.9 Å². The molecule has 1 fully saturated rings. The van der Waals surface area contributed by atoms with Crippen LogP contribution in [0.3, 0.4) is 0 Å². The molecule has 0 bridgehead atoms. The van der Waals surface area contributed by atoms with Gasteiger partial charge in [-0.25, -0.2) is 27.3 Å². The normalized spacial score (nSPS) is 17.1. The number of cyclic esters (lactones) is 1. The minimum absolute atomic E-state index is 0.279. The number of halogens is 4. The number of rotatable bonds is 5. The molecule has 1 amide bonds. The first-order chi connectivity index (χ1) is 13.7. The van der Waals surface area contributed by atoms with Crippen molar-refractivity contribution in [3.63, 3.8) is 0 Å². The molecule has 1 aromatic heterocycles. The SMILES string of the molecule is CC(F)(F)COc1cc(F)c(C2COC(=O)N2c2ccc3[nH]cnc3c2)c(F)c1. The Labute approximate surface area is 162 Å². The number of anilines is 1. The van der Waals surface area contributed by atoms with Crippen LogP contribution in [0.1, 0.15) is 18.5 Å². The van der Waals surface area contributed by atoms with Crippen LogP contribution in [0.5, 0.6) is 5.75 Å². The summed E-state index contributed by atoms with van der Waals surface area (Å²) in [5.74, 6) is -5.60. The average molecular weight is 409 g/mol. The Morgan fingerprint density at radius 2 is 2.00 bits per heavy atom. The minimum Gasteiger partial charge on any atom is -0.487 e. The lowest BCUT2D eigenvalue weighted by Crippen LogP contribution is -2.28. The lowest BCUT2D eigenvalue weighted by Gasteiger charge is -2.23. The Balaban J connectivity index is 1.68. The van der Waals surface area contributed by atoms with Gasteiger partial charge in [0.05, 0.1) is 28.6 Å². The third-order valence-electron chi connectivity index (χ3n) is 4.43. The van der Waals surface area contributed by atoms with Gasteiger partial charge < -0.3 is 14.5 Å². The first-order valence-electron chi connectivity index (χ1n) is 8.61. The Kier molecular flexibility index (Phi) is 4.56. The zero-order valence-electron chi connectivity index (χ0n) is 15.1. The van der Waals surface area contributed by atoms with E-state index < -0.39 is 41.9 Å². The number of aromatic amines is 1. The lowest BCUT2D eigenvalue weighted by atomic mass is 10.0. The summed E-state index contributed by atoms with van der Waals surface area (Å²) in [6.07, 6.45) is 0.709. The number of ether oxygens (including phenoxy) is 2. The van der Waals surface area contributed by atoms with Gasteiger partial charge in [0, 0.05) is 19.1 Å². The van der Waals surface area contributed by atoms with Gasteiger partial charge in [-0.2, -0.15) is 0 Å². The number of aromatic nitrogens is 2. The fourth-order valence-corrected chi connectivity index (χ4v) is 3.16. The summed E-state index contributed by atoms with van der Waals surface area (Å²) >= 11 is 0. The van der Waals surface area contributed by atoms with Gasteiger partial charge in [0.15, 0.2) is 6.61 Å². The van der Waals surface area contributed by atoms with Crippen LogP contribution in [0.25, 0.3) is 11.0 Å². The van der Waals surface area contributed by atoms with Crippen molar-refractivity contribution in [2.24, 2.45) is 0 Å². The van der Waals surface area contributed by atoms with Crippen LogP contribution in [-0.2, 0) is 4.74 Å². The molecule has 152 valence electrons. The number of carbonyl (C=O) groups excluding carboxylic acids is 1. The zero-order chi connectivity index (χ0) is 20.8. The van der Waals surface area contributed by atoms with Gasteiger partial charge in [-0.05, 0) is 18.2 Å². The van der Waals surface area contributed by atoms with Crippen molar-refractivity contribution < 1.29 is 31.8 Å². The second kappa shape index (κ2) is 6.94. The molecule has 1 N–H and O–H groups in total. The van der Waals surface area contributed by atoms with E-state index in [-0.39, 0.29) is 12.4 Å². The van der Waals surface area contributed by atoms with Crippen LogP contribution in [0, 0.1) is 11.6 Å². The van der Waals surface area contributed by atoms with E-state index >= 15 is 0 Å². The fourth-order valence-electron chi connectivity index (χ4n) is 3.16. The van der Waals surface area contributed by atoms with Gasteiger partial charge in [-0.3, -0.25) is 4.90 Å². The highest BCUT2D eigenvalue weighted by atomic mass is 19.3.